The van der Waals surface area contributed by atoms with Crippen molar-refractivity contribution in [1.29, 1.82) is 0 Å². The number of thiophene rings is 6. The Balaban J connectivity index is 0.0000000926. The van der Waals surface area contributed by atoms with Crippen LogP contribution in [0.5, 0.6) is 0 Å². The Morgan fingerprint density at radius 2 is 0.500 bits per heavy atom. The van der Waals surface area contributed by atoms with Crippen molar-refractivity contribution in [1.82, 2.24) is 0 Å². The van der Waals surface area contributed by atoms with Crippen molar-refractivity contribution >= 4 is 189 Å². The average Bonchev–Trinajstić information content (AvgIpc) is 4.15. The van der Waals surface area contributed by atoms with Crippen molar-refractivity contribution in [2.45, 2.75) is 0 Å². The number of fused-ring (bicyclic) bond motifs is 20. The molecule has 6 heterocycles. The van der Waals surface area contributed by atoms with Gasteiger partial charge in [0.05, 0.1) is 0 Å². The van der Waals surface area contributed by atoms with E-state index in [4.69, 9.17) is 0 Å². The van der Waals surface area contributed by atoms with Gasteiger partial charge in [-0.3, -0.25) is 0 Å². The molecule has 0 aliphatic heterocycles. The third-order valence-electron chi connectivity index (χ3n) is 11.6. The minimum Gasteiger partial charge on any atom is -0.135 e. The molecule has 0 spiro atoms. The van der Waals surface area contributed by atoms with E-state index in [0.717, 1.165) is 0 Å². The van der Waals surface area contributed by atoms with E-state index in [1.807, 2.05) is 68.0 Å². The first kappa shape index (κ1) is 35.1. The molecule has 60 heavy (non-hydrogen) atoms. The molecule has 6 heteroatoms. The fourth-order valence-electron chi connectivity index (χ4n) is 8.97. The molecular formula is C54H30S6. The minimum absolute atomic E-state index is 1.38. The second-order valence-corrected chi connectivity index (χ2v) is 21.5. The summed E-state index contributed by atoms with van der Waals surface area (Å²) in [6, 6.07) is 66.2. The van der Waals surface area contributed by atoms with Crippen molar-refractivity contribution in [2.24, 2.45) is 0 Å². The van der Waals surface area contributed by atoms with Gasteiger partial charge in [-0.25, -0.2) is 0 Å². The zero-order valence-electron chi connectivity index (χ0n) is 31.8. The van der Waals surface area contributed by atoms with Crippen LogP contribution in [-0.4, -0.2) is 0 Å². The molecule has 9 aromatic carbocycles. The molecular weight excluding hydrogens is 841 g/mol. The summed E-state index contributed by atoms with van der Waals surface area (Å²) in [5.74, 6) is 0. The van der Waals surface area contributed by atoms with E-state index >= 15 is 0 Å². The average molecular weight is 871 g/mol. The topological polar surface area (TPSA) is 0 Å². The van der Waals surface area contributed by atoms with Crippen LogP contribution in [0.25, 0.3) is 121 Å². The fraction of sp³-hybridized carbons (Fsp3) is 0. The molecule has 0 bridgehead atoms. The SMILES string of the molecule is c1ccc2c(c1)sc1c2ccc2sc3ccccc3c21.c1ccc2c(c1)sc1cc3sc4ccccc4c3cc12.c1ccc2c(c1)sc1ccc3sc4ccccc4c3c12. The van der Waals surface area contributed by atoms with Crippen LogP contribution in [0.15, 0.2) is 182 Å². The lowest BCUT2D eigenvalue weighted by atomic mass is 10.1. The Labute approximate surface area is 368 Å². The molecule has 15 rings (SSSR count). The van der Waals surface area contributed by atoms with Crippen molar-refractivity contribution in [3.63, 3.8) is 0 Å². The van der Waals surface area contributed by atoms with Crippen molar-refractivity contribution in [2.75, 3.05) is 0 Å². The molecule has 0 N–H and O–H groups in total. The highest BCUT2D eigenvalue weighted by atomic mass is 32.1. The maximum atomic E-state index is 2.38. The number of hydrogen-bond acceptors (Lipinski definition) is 6. The Morgan fingerprint density at radius 3 is 0.967 bits per heavy atom. The van der Waals surface area contributed by atoms with E-state index in [1.54, 1.807) is 0 Å². The molecule has 0 aliphatic carbocycles. The molecule has 0 saturated carbocycles. The zero-order valence-corrected chi connectivity index (χ0v) is 36.7. The third kappa shape index (κ3) is 5.49. The lowest BCUT2D eigenvalue weighted by Gasteiger charge is -1.96. The molecule has 6 aromatic heterocycles. The summed E-state index contributed by atoms with van der Waals surface area (Å²) >= 11 is 11.4. The van der Waals surface area contributed by atoms with E-state index in [2.05, 4.69) is 182 Å². The Kier molecular flexibility index (Phi) is 8.15. The quantitative estimate of drug-likeness (QED) is 0.142. The summed E-state index contributed by atoms with van der Waals surface area (Å²) < 4.78 is 16.7. The van der Waals surface area contributed by atoms with Crippen LogP contribution in [0.2, 0.25) is 0 Å². The molecule has 0 saturated heterocycles. The highest BCUT2D eigenvalue weighted by Gasteiger charge is 2.15. The highest BCUT2D eigenvalue weighted by molar-refractivity contribution is 7.30. The zero-order chi connectivity index (χ0) is 39.3. The monoisotopic (exact) mass is 870 g/mol. The fourth-order valence-corrected chi connectivity index (χ4v) is 16.0. The van der Waals surface area contributed by atoms with Crippen LogP contribution >= 0.6 is 68.0 Å². The number of rotatable bonds is 0. The highest BCUT2D eigenvalue weighted by Crippen LogP contribution is 2.46. The van der Waals surface area contributed by atoms with Crippen molar-refractivity contribution in [3.8, 4) is 0 Å². The van der Waals surface area contributed by atoms with Gasteiger partial charge in [-0.1, -0.05) is 115 Å². The summed E-state index contributed by atoms with van der Waals surface area (Å²) in [5.41, 5.74) is 0. The van der Waals surface area contributed by atoms with Crippen LogP contribution in [0, 0.1) is 0 Å². The maximum Gasteiger partial charge on any atom is 0.0448 e. The lowest BCUT2D eigenvalue weighted by molar-refractivity contribution is 1.86. The molecule has 282 valence electrons. The predicted octanol–water partition coefficient (Wildman–Crippen LogP) is 19.3. The van der Waals surface area contributed by atoms with Crippen LogP contribution in [0.4, 0.5) is 0 Å². The molecule has 0 unspecified atom stereocenters. The van der Waals surface area contributed by atoms with E-state index in [-0.39, 0.29) is 0 Å². The normalized spacial score (nSPS) is 12.0. The number of benzene rings is 9. The second-order valence-electron chi connectivity index (χ2n) is 15.1. The van der Waals surface area contributed by atoms with Crippen molar-refractivity contribution < 1.29 is 0 Å². The van der Waals surface area contributed by atoms with Crippen LogP contribution < -0.4 is 0 Å². The van der Waals surface area contributed by atoms with Gasteiger partial charge in [-0.2, -0.15) is 0 Å². The lowest BCUT2D eigenvalue weighted by Crippen LogP contribution is -1.69. The Hall–Kier alpha value is -5.70. The van der Waals surface area contributed by atoms with E-state index in [0.29, 0.717) is 0 Å². The smallest absolute Gasteiger partial charge is 0.0448 e. The Bertz CT molecular complexity index is 3940. The van der Waals surface area contributed by atoms with Gasteiger partial charge in [0.25, 0.3) is 0 Å². The number of hydrogen-bond donors (Lipinski definition) is 0. The van der Waals surface area contributed by atoms with E-state index in [9.17, 15) is 0 Å². The maximum absolute atomic E-state index is 2.38. The van der Waals surface area contributed by atoms with E-state index < -0.39 is 0 Å². The van der Waals surface area contributed by atoms with Gasteiger partial charge in [0.15, 0.2) is 0 Å². The summed E-state index contributed by atoms with van der Waals surface area (Å²) in [6.45, 7) is 0. The minimum atomic E-state index is 1.38. The Morgan fingerprint density at radius 1 is 0.183 bits per heavy atom. The van der Waals surface area contributed by atoms with Gasteiger partial charge in [0.1, 0.15) is 0 Å². The second kappa shape index (κ2) is 13.9. The van der Waals surface area contributed by atoms with Gasteiger partial charge in [-0.15, -0.1) is 68.0 Å². The molecule has 0 fully saturated rings. The third-order valence-corrected chi connectivity index (χ3v) is 18.5. The molecule has 0 aliphatic rings. The molecule has 0 nitrogen and oxygen atoms in total. The summed E-state index contributed by atoms with van der Waals surface area (Å²) in [4.78, 5) is 0. The summed E-state index contributed by atoms with van der Waals surface area (Å²) in [5, 5.41) is 16.8. The van der Waals surface area contributed by atoms with E-state index in [1.165, 1.54) is 121 Å². The standard InChI is InChI=1S/3C18H10S2/c1-3-7-15-11(5-1)13-9-14-12-6-2-4-8-16(12)20-18(14)10-17(13)19-15;1-3-7-14-11(5-1)12-9-10-16-17(18(12)20-14)13-6-2-4-8-15(13)19-16;1-3-7-13-11(5-1)17-15(19-13)9-10-16-18(17)12-6-2-4-8-14(12)20-16/h3*1-10H. The van der Waals surface area contributed by atoms with Crippen LogP contribution in [0.3, 0.4) is 0 Å². The van der Waals surface area contributed by atoms with Gasteiger partial charge in [-0.05, 0) is 66.7 Å². The first-order valence-electron chi connectivity index (χ1n) is 19.9. The molecule has 0 amide bonds. The van der Waals surface area contributed by atoms with Crippen molar-refractivity contribution in [3.05, 3.63) is 182 Å². The first-order chi connectivity index (χ1) is 29.7. The molecule has 0 atom stereocenters. The van der Waals surface area contributed by atoms with Gasteiger partial charge in [0.2, 0.25) is 0 Å². The van der Waals surface area contributed by atoms with Gasteiger partial charge in [0, 0.05) is 121 Å². The van der Waals surface area contributed by atoms with Gasteiger partial charge >= 0.3 is 0 Å². The first-order valence-corrected chi connectivity index (χ1v) is 24.8. The summed E-state index contributed by atoms with van der Waals surface area (Å²) in [6.07, 6.45) is 0. The molecule has 0 radical (unpaired) electrons. The van der Waals surface area contributed by atoms with Crippen LogP contribution in [-0.2, 0) is 0 Å². The summed E-state index contributed by atoms with van der Waals surface area (Å²) in [7, 11) is 0. The van der Waals surface area contributed by atoms with Gasteiger partial charge < -0.3 is 0 Å². The predicted molar refractivity (Wildman–Crippen MR) is 277 cm³/mol. The largest absolute Gasteiger partial charge is 0.135 e. The molecule has 15 aromatic rings. The van der Waals surface area contributed by atoms with Crippen LogP contribution in [0.1, 0.15) is 0 Å².